The molecule has 0 aliphatic carbocycles. The van der Waals surface area contributed by atoms with Crippen LogP contribution < -0.4 is 5.90 Å². The van der Waals surface area contributed by atoms with Crippen molar-refractivity contribution in [2.75, 3.05) is 6.61 Å². The molecule has 3 N–H and O–H groups in total. The fourth-order valence-corrected chi connectivity index (χ4v) is 0.426. The van der Waals surface area contributed by atoms with Crippen LogP contribution in [0, 0.1) is 0 Å². The molecule has 0 amide bonds. The summed E-state index contributed by atoms with van der Waals surface area (Å²) in [5.41, 5.74) is 0. The molecule has 0 spiro atoms. The highest BCUT2D eigenvalue weighted by Gasteiger charge is 2.39. The molecule has 0 aromatic carbocycles. The molecule has 0 aromatic heterocycles. The molecule has 0 aromatic rings. The number of hydrogen-bond acceptors (Lipinski definition) is 3. The first-order chi connectivity index (χ1) is 4.52. The van der Waals surface area contributed by atoms with E-state index in [-0.39, 0.29) is 0 Å². The number of alkyl halides is 3. The van der Waals surface area contributed by atoms with Crippen LogP contribution in [0.1, 0.15) is 6.42 Å². The van der Waals surface area contributed by atoms with Gasteiger partial charge < -0.3 is 5.11 Å². The van der Waals surface area contributed by atoms with Crippen LogP contribution in [-0.4, -0.2) is 24.0 Å². The summed E-state index contributed by atoms with van der Waals surface area (Å²) >= 11 is 0. The second kappa shape index (κ2) is 3.75. The minimum Gasteiger partial charge on any atom is -0.396 e. The Kier molecular flexibility index (Phi) is 3.62. The first kappa shape index (κ1) is 9.67. The van der Waals surface area contributed by atoms with Gasteiger partial charge in [0.05, 0.1) is 0 Å². The highest BCUT2D eigenvalue weighted by Crippen LogP contribution is 2.23. The summed E-state index contributed by atoms with van der Waals surface area (Å²) in [6.07, 6.45) is -7.07. The number of rotatable bonds is 3. The monoisotopic (exact) mass is 159 g/mol. The largest absolute Gasteiger partial charge is 0.416 e. The van der Waals surface area contributed by atoms with Gasteiger partial charge in [-0.1, -0.05) is 0 Å². The van der Waals surface area contributed by atoms with E-state index in [2.05, 4.69) is 10.7 Å². The predicted octanol–water partition coefficient (Wildman–Crippen LogP) is 0.190. The number of aliphatic hydroxyl groups is 1. The first-order valence-corrected chi connectivity index (χ1v) is 2.55. The zero-order valence-corrected chi connectivity index (χ0v) is 5.06. The van der Waals surface area contributed by atoms with Crippen molar-refractivity contribution in [3.05, 3.63) is 0 Å². The van der Waals surface area contributed by atoms with E-state index in [1.807, 2.05) is 0 Å². The minimum absolute atomic E-state index is 0.528. The average molecular weight is 159 g/mol. The highest BCUT2D eigenvalue weighted by atomic mass is 19.4. The molecular formula is C4H8F3NO2. The lowest BCUT2D eigenvalue weighted by molar-refractivity contribution is -0.225. The third-order valence-corrected chi connectivity index (χ3v) is 0.921. The topological polar surface area (TPSA) is 55.5 Å². The molecule has 10 heavy (non-hydrogen) atoms. The Morgan fingerprint density at radius 2 is 2.00 bits per heavy atom. The van der Waals surface area contributed by atoms with Gasteiger partial charge in [-0.15, -0.1) is 0 Å². The molecule has 0 radical (unpaired) electrons. The molecule has 1 unspecified atom stereocenters. The molecular weight excluding hydrogens is 151 g/mol. The smallest absolute Gasteiger partial charge is 0.396 e. The van der Waals surface area contributed by atoms with Gasteiger partial charge in [-0.05, 0) is 0 Å². The van der Waals surface area contributed by atoms with Crippen molar-refractivity contribution in [3.63, 3.8) is 0 Å². The van der Waals surface area contributed by atoms with Crippen LogP contribution in [0.25, 0.3) is 0 Å². The lowest BCUT2D eigenvalue weighted by Crippen LogP contribution is -2.34. The molecule has 3 nitrogen and oxygen atoms in total. The number of nitrogens with two attached hydrogens (primary N) is 1. The molecule has 0 saturated carbocycles. The molecule has 0 fully saturated rings. The van der Waals surface area contributed by atoms with E-state index in [1.165, 1.54) is 0 Å². The predicted molar refractivity (Wildman–Crippen MR) is 26.8 cm³/mol. The maximum Gasteiger partial charge on any atom is 0.416 e. The van der Waals surface area contributed by atoms with Gasteiger partial charge in [0, 0.05) is 13.0 Å². The summed E-state index contributed by atoms with van der Waals surface area (Å²) in [4.78, 5) is 3.57. The summed E-state index contributed by atoms with van der Waals surface area (Å²) < 4.78 is 34.8. The summed E-state index contributed by atoms with van der Waals surface area (Å²) in [5.74, 6) is 4.31. The van der Waals surface area contributed by atoms with Crippen LogP contribution >= 0.6 is 0 Å². The molecule has 0 saturated heterocycles. The van der Waals surface area contributed by atoms with E-state index in [1.54, 1.807) is 0 Å². The van der Waals surface area contributed by atoms with Crippen molar-refractivity contribution in [1.82, 2.24) is 0 Å². The van der Waals surface area contributed by atoms with Gasteiger partial charge in [-0.3, -0.25) is 4.84 Å². The van der Waals surface area contributed by atoms with E-state index in [9.17, 15) is 13.2 Å². The van der Waals surface area contributed by atoms with Crippen LogP contribution in [0.5, 0.6) is 0 Å². The van der Waals surface area contributed by atoms with E-state index < -0.39 is 25.3 Å². The third-order valence-electron chi connectivity index (χ3n) is 0.921. The lowest BCUT2D eigenvalue weighted by atomic mass is 10.2. The standard InChI is InChI=1S/C4H8F3NO2/c5-4(6,7)3(10-8)1-2-9/h3,9H,1-2,8H2. The Morgan fingerprint density at radius 3 is 2.10 bits per heavy atom. The fraction of sp³-hybridized carbons (Fsp3) is 1.00. The van der Waals surface area contributed by atoms with Gasteiger partial charge in [0.25, 0.3) is 0 Å². The average Bonchev–Trinajstić information content (AvgIpc) is 1.80. The van der Waals surface area contributed by atoms with Gasteiger partial charge in [0.15, 0.2) is 6.10 Å². The molecule has 6 heteroatoms. The third kappa shape index (κ3) is 3.00. The quantitative estimate of drug-likeness (QED) is 0.578. The Morgan fingerprint density at radius 1 is 1.50 bits per heavy atom. The zero-order chi connectivity index (χ0) is 8.20. The minimum atomic E-state index is -4.49. The molecule has 0 bridgehead atoms. The number of hydrogen-bond donors (Lipinski definition) is 2. The Bertz CT molecular complexity index is 95.0. The molecule has 0 heterocycles. The zero-order valence-electron chi connectivity index (χ0n) is 5.06. The maximum atomic E-state index is 11.6. The molecule has 0 aliphatic heterocycles. The normalized spacial score (nSPS) is 15.3. The van der Waals surface area contributed by atoms with E-state index in [0.717, 1.165) is 0 Å². The summed E-state index contributed by atoms with van der Waals surface area (Å²) in [6.45, 7) is -0.596. The van der Waals surface area contributed by atoms with Crippen LogP contribution in [0.3, 0.4) is 0 Å². The van der Waals surface area contributed by atoms with Crippen molar-refractivity contribution in [2.45, 2.75) is 18.7 Å². The second-order valence-corrected chi connectivity index (χ2v) is 1.68. The van der Waals surface area contributed by atoms with Crippen molar-refractivity contribution in [2.24, 2.45) is 5.90 Å². The van der Waals surface area contributed by atoms with Crippen LogP contribution in [0.2, 0.25) is 0 Å². The van der Waals surface area contributed by atoms with Crippen molar-refractivity contribution >= 4 is 0 Å². The van der Waals surface area contributed by atoms with Crippen molar-refractivity contribution in [1.29, 1.82) is 0 Å². The summed E-state index contributed by atoms with van der Waals surface area (Å²) in [6, 6.07) is 0. The van der Waals surface area contributed by atoms with Crippen LogP contribution in [-0.2, 0) is 4.84 Å². The Hall–Kier alpha value is -0.330. The number of halogens is 3. The van der Waals surface area contributed by atoms with Crippen LogP contribution in [0.15, 0.2) is 0 Å². The van der Waals surface area contributed by atoms with Gasteiger partial charge in [0.1, 0.15) is 0 Å². The molecule has 0 aliphatic rings. The lowest BCUT2D eigenvalue weighted by Gasteiger charge is -2.15. The van der Waals surface area contributed by atoms with Gasteiger partial charge in [-0.25, -0.2) is 5.90 Å². The van der Waals surface area contributed by atoms with Crippen LogP contribution in [0.4, 0.5) is 13.2 Å². The molecule has 1 atom stereocenters. The Labute approximate surface area is 55.5 Å². The summed E-state index contributed by atoms with van der Waals surface area (Å²) in [5, 5.41) is 8.10. The Balaban J connectivity index is 3.81. The summed E-state index contributed by atoms with van der Waals surface area (Å²) in [7, 11) is 0. The second-order valence-electron chi connectivity index (χ2n) is 1.68. The van der Waals surface area contributed by atoms with E-state index >= 15 is 0 Å². The molecule has 62 valence electrons. The number of aliphatic hydroxyl groups excluding tert-OH is 1. The van der Waals surface area contributed by atoms with Crippen molar-refractivity contribution in [3.8, 4) is 0 Å². The SMILES string of the molecule is NOC(CCO)C(F)(F)F. The van der Waals surface area contributed by atoms with Gasteiger partial charge in [0.2, 0.25) is 0 Å². The fourth-order valence-electron chi connectivity index (χ4n) is 0.426. The van der Waals surface area contributed by atoms with Gasteiger partial charge >= 0.3 is 6.18 Å². The van der Waals surface area contributed by atoms with E-state index in [4.69, 9.17) is 5.11 Å². The van der Waals surface area contributed by atoms with E-state index in [0.29, 0.717) is 0 Å². The maximum absolute atomic E-state index is 11.6. The first-order valence-electron chi connectivity index (χ1n) is 2.55. The van der Waals surface area contributed by atoms with Crippen molar-refractivity contribution < 1.29 is 23.1 Å². The molecule has 0 rings (SSSR count). The highest BCUT2D eigenvalue weighted by molar-refractivity contribution is 4.65. The van der Waals surface area contributed by atoms with Gasteiger partial charge in [-0.2, -0.15) is 13.2 Å².